The SMILES string of the molecule is CN1C(=O)C(N2CCC(C(Cl)=NCc3ccccc3)=C(N)C2=O)COc2ccc(C#CCO)cc21. The summed E-state index contributed by atoms with van der Waals surface area (Å²) in [6.45, 7) is 0.349. The van der Waals surface area contributed by atoms with Crippen LogP contribution >= 0.6 is 11.6 Å². The van der Waals surface area contributed by atoms with Gasteiger partial charge in [-0.25, -0.2) is 0 Å². The third kappa shape index (κ3) is 5.16. The highest BCUT2D eigenvalue weighted by molar-refractivity contribution is 6.69. The largest absolute Gasteiger partial charge is 0.489 e. The molecule has 3 N–H and O–H groups in total. The molecule has 0 radical (unpaired) electrons. The smallest absolute Gasteiger partial charge is 0.270 e. The fourth-order valence-corrected chi connectivity index (χ4v) is 4.29. The Kier molecular flexibility index (Phi) is 7.39. The number of aliphatic imine (C=N–C) groups is 1. The third-order valence-corrected chi connectivity index (χ3v) is 6.28. The number of fused-ring (bicyclic) bond motifs is 1. The van der Waals surface area contributed by atoms with Gasteiger partial charge in [-0.2, -0.15) is 0 Å². The highest BCUT2D eigenvalue weighted by Crippen LogP contribution is 2.33. The number of ether oxygens (including phenoxy) is 1. The van der Waals surface area contributed by atoms with Gasteiger partial charge in [-0.15, -0.1) is 0 Å². The molecule has 2 aromatic rings. The molecule has 2 amide bonds. The number of aliphatic hydroxyl groups excluding tert-OH is 1. The van der Waals surface area contributed by atoms with Crippen LogP contribution in [0.3, 0.4) is 0 Å². The number of amides is 2. The summed E-state index contributed by atoms with van der Waals surface area (Å²) in [4.78, 5) is 33.8. The number of carbonyl (C=O) groups is 2. The number of aliphatic hydroxyl groups is 1. The molecule has 2 aliphatic rings. The molecule has 8 nitrogen and oxygen atoms in total. The van der Waals surface area contributed by atoms with E-state index in [-0.39, 0.29) is 36.5 Å². The predicted molar refractivity (Wildman–Crippen MR) is 134 cm³/mol. The number of carbonyl (C=O) groups excluding carboxylic acids is 2. The van der Waals surface area contributed by atoms with Crippen molar-refractivity contribution < 1.29 is 19.4 Å². The van der Waals surface area contributed by atoms with Crippen LogP contribution in [0, 0.1) is 11.8 Å². The van der Waals surface area contributed by atoms with Crippen molar-refractivity contribution in [1.82, 2.24) is 4.90 Å². The summed E-state index contributed by atoms with van der Waals surface area (Å²) < 4.78 is 5.90. The normalized spacial score (nSPS) is 18.5. The number of rotatable bonds is 4. The first kappa shape index (κ1) is 24.3. The van der Waals surface area contributed by atoms with Crippen molar-refractivity contribution in [3.8, 4) is 17.6 Å². The van der Waals surface area contributed by atoms with E-state index in [0.29, 0.717) is 35.5 Å². The number of hydrogen-bond donors (Lipinski definition) is 2. The minimum Gasteiger partial charge on any atom is -0.489 e. The molecular formula is C26H25ClN4O4. The standard InChI is InChI=1S/C26H25ClN4O4/c1-30-20-14-17(8-5-13-32)9-10-22(20)35-16-21(25(30)33)31-12-11-19(23(28)26(31)34)24(27)29-15-18-6-3-2-4-7-18/h2-4,6-7,9-10,14,21,32H,11-13,15-16,28H2,1H3. The number of nitrogens with zero attached hydrogens (tertiary/aromatic N) is 3. The van der Waals surface area contributed by atoms with Crippen molar-refractivity contribution in [3.05, 3.63) is 70.9 Å². The van der Waals surface area contributed by atoms with Crippen LogP contribution in [0.2, 0.25) is 0 Å². The van der Waals surface area contributed by atoms with Gasteiger partial charge in [0, 0.05) is 24.7 Å². The molecule has 35 heavy (non-hydrogen) atoms. The average Bonchev–Trinajstić information content (AvgIpc) is 3.00. The fraction of sp³-hybridized carbons (Fsp3) is 0.269. The Morgan fingerprint density at radius 2 is 2.03 bits per heavy atom. The highest BCUT2D eigenvalue weighted by atomic mass is 35.5. The van der Waals surface area contributed by atoms with Crippen LogP contribution in [0.1, 0.15) is 17.5 Å². The van der Waals surface area contributed by atoms with E-state index >= 15 is 0 Å². The Bertz CT molecular complexity index is 1260. The summed E-state index contributed by atoms with van der Waals surface area (Å²) in [6.07, 6.45) is 0.371. The van der Waals surface area contributed by atoms with E-state index in [4.69, 9.17) is 27.2 Å². The van der Waals surface area contributed by atoms with Crippen molar-refractivity contribution in [2.24, 2.45) is 10.7 Å². The summed E-state index contributed by atoms with van der Waals surface area (Å²) in [5.74, 6) is 5.13. The molecule has 0 spiro atoms. The third-order valence-electron chi connectivity index (χ3n) is 5.93. The molecule has 2 aliphatic heterocycles. The molecule has 0 saturated carbocycles. The first-order valence-corrected chi connectivity index (χ1v) is 11.5. The highest BCUT2D eigenvalue weighted by Gasteiger charge is 2.39. The van der Waals surface area contributed by atoms with Crippen LogP contribution in [0.4, 0.5) is 5.69 Å². The predicted octanol–water partition coefficient (Wildman–Crippen LogP) is 2.04. The molecule has 2 aromatic carbocycles. The molecule has 0 fully saturated rings. The Morgan fingerprint density at radius 1 is 1.26 bits per heavy atom. The first-order chi connectivity index (χ1) is 16.9. The summed E-state index contributed by atoms with van der Waals surface area (Å²) in [6, 6.07) is 14.0. The summed E-state index contributed by atoms with van der Waals surface area (Å²) in [5, 5.41) is 9.13. The van der Waals surface area contributed by atoms with E-state index in [1.165, 1.54) is 9.80 Å². The van der Waals surface area contributed by atoms with Gasteiger partial charge in [-0.05, 0) is 30.2 Å². The molecule has 0 aliphatic carbocycles. The van der Waals surface area contributed by atoms with Gasteiger partial charge in [0.15, 0.2) is 0 Å². The van der Waals surface area contributed by atoms with Gasteiger partial charge in [0.1, 0.15) is 35.9 Å². The zero-order valence-electron chi connectivity index (χ0n) is 19.2. The molecule has 4 rings (SSSR count). The molecule has 2 heterocycles. The zero-order chi connectivity index (χ0) is 24.9. The van der Waals surface area contributed by atoms with Gasteiger partial charge >= 0.3 is 0 Å². The summed E-state index contributed by atoms with van der Waals surface area (Å²) >= 11 is 6.41. The Labute approximate surface area is 208 Å². The van der Waals surface area contributed by atoms with E-state index in [1.54, 1.807) is 25.2 Å². The summed E-state index contributed by atoms with van der Waals surface area (Å²) in [5.41, 5.74) is 8.80. The summed E-state index contributed by atoms with van der Waals surface area (Å²) in [7, 11) is 1.62. The van der Waals surface area contributed by atoms with Crippen LogP contribution in [0.15, 0.2) is 64.8 Å². The second-order valence-electron chi connectivity index (χ2n) is 8.10. The van der Waals surface area contributed by atoms with Crippen LogP contribution in [-0.4, -0.2) is 59.8 Å². The topological polar surface area (TPSA) is 108 Å². The van der Waals surface area contributed by atoms with Crippen LogP contribution < -0.4 is 15.4 Å². The van der Waals surface area contributed by atoms with Crippen molar-refractivity contribution in [2.75, 3.05) is 31.7 Å². The van der Waals surface area contributed by atoms with Gasteiger partial charge in [0.05, 0.1) is 12.2 Å². The van der Waals surface area contributed by atoms with E-state index in [0.717, 1.165) is 5.56 Å². The van der Waals surface area contributed by atoms with Crippen molar-refractivity contribution in [3.63, 3.8) is 0 Å². The van der Waals surface area contributed by atoms with Crippen molar-refractivity contribution >= 4 is 34.3 Å². The molecule has 0 aromatic heterocycles. The number of benzene rings is 2. The fourth-order valence-electron chi connectivity index (χ4n) is 4.03. The van der Waals surface area contributed by atoms with Gasteiger partial charge < -0.3 is 25.4 Å². The molecule has 0 bridgehead atoms. The maximum absolute atomic E-state index is 13.3. The molecular weight excluding hydrogens is 468 g/mol. The first-order valence-electron chi connectivity index (χ1n) is 11.1. The minimum atomic E-state index is -0.855. The van der Waals surface area contributed by atoms with Crippen LogP contribution in [-0.2, 0) is 16.1 Å². The second-order valence-corrected chi connectivity index (χ2v) is 8.46. The van der Waals surface area contributed by atoms with E-state index < -0.39 is 11.9 Å². The monoisotopic (exact) mass is 492 g/mol. The van der Waals surface area contributed by atoms with E-state index in [1.807, 2.05) is 30.3 Å². The van der Waals surface area contributed by atoms with Crippen molar-refractivity contribution in [2.45, 2.75) is 19.0 Å². The molecule has 1 unspecified atom stereocenters. The molecule has 9 heteroatoms. The Hall–Kier alpha value is -3.80. The molecule has 0 saturated heterocycles. The van der Waals surface area contributed by atoms with Gasteiger partial charge in [-0.1, -0.05) is 53.8 Å². The quantitative estimate of drug-likeness (QED) is 0.501. The lowest BCUT2D eigenvalue weighted by Crippen LogP contribution is -2.55. The maximum Gasteiger partial charge on any atom is 0.270 e. The van der Waals surface area contributed by atoms with E-state index in [9.17, 15) is 9.59 Å². The van der Waals surface area contributed by atoms with Gasteiger partial charge in [-0.3, -0.25) is 14.6 Å². The van der Waals surface area contributed by atoms with Gasteiger partial charge in [0.25, 0.3) is 11.8 Å². The van der Waals surface area contributed by atoms with Crippen molar-refractivity contribution in [1.29, 1.82) is 0 Å². The molecule has 180 valence electrons. The molecule has 1 atom stereocenters. The average molecular weight is 493 g/mol. The van der Waals surface area contributed by atoms with Crippen LogP contribution in [0.5, 0.6) is 5.75 Å². The Balaban J connectivity index is 1.53. The van der Waals surface area contributed by atoms with Crippen LogP contribution in [0.25, 0.3) is 0 Å². The minimum absolute atomic E-state index is 0.0119. The lowest BCUT2D eigenvalue weighted by molar-refractivity contribution is -0.137. The number of anilines is 1. The number of nitrogens with two attached hydrogens (primary N) is 1. The number of halogens is 1. The zero-order valence-corrected chi connectivity index (χ0v) is 20.0. The Morgan fingerprint density at radius 3 is 2.77 bits per heavy atom. The van der Waals surface area contributed by atoms with E-state index in [2.05, 4.69) is 16.8 Å². The lowest BCUT2D eigenvalue weighted by Gasteiger charge is -2.34. The van der Waals surface area contributed by atoms with Gasteiger partial charge in [0.2, 0.25) is 0 Å². The maximum atomic E-state index is 13.3. The lowest BCUT2D eigenvalue weighted by atomic mass is 10.0. The second kappa shape index (κ2) is 10.6. The number of likely N-dealkylation sites (N-methyl/N-ethyl adjacent to an activating group) is 1. The number of hydrogen-bond acceptors (Lipinski definition) is 6.